The van der Waals surface area contributed by atoms with Crippen LogP contribution in [-0.2, 0) is 9.53 Å². The molecule has 1 atom stereocenters. The Morgan fingerprint density at radius 2 is 2.31 bits per heavy atom. The summed E-state index contributed by atoms with van der Waals surface area (Å²) in [5, 5.41) is 3.44. The van der Waals surface area contributed by atoms with Crippen molar-refractivity contribution in [1.82, 2.24) is 5.32 Å². The normalized spacial score (nSPS) is 24.1. The zero-order valence-electron chi connectivity index (χ0n) is 10.5. The molecule has 0 spiro atoms. The van der Waals surface area contributed by atoms with Gasteiger partial charge in [0.25, 0.3) is 0 Å². The van der Waals surface area contributed by atoms with Crippen LogP contribution in [0, 0.1) is 5.41 Å². The molecule has 1 saturated heterocycles. The first-order valence-corrected chi connectivity index (χ1v) is 7.16. The molecule has 1 N–H and O–H groups in total. The molecule has 0 radical (unpaired) electrons. The van der Waals surface area contributed by atoms with E-state index in [9.17, 15) is 4.79 Å². The van der Waals surface area contributed by atoms with Crippen molar-refractivity contribution in [3.05, 3.63) is 0 Å². The molecule has 1 aliphatic rings. The largest absolute Gasteiger partial charge is 0.466 e. The Kier molecular flexibility index (Phi) is 5.62. The SMILES string of the molecule is CCOC(=O)CCNC1CSCC(C)(C)C1. The molecule has 0 aliphatic carbocycles. The Balaban J connectivity index is 2.15. The summed E-state index contributed by atoms with van der Waals surface area (Å²) in [6.45, 7) is 7.66. The van der Waals surface area contributed by atoms with E-state index >= 15 is 0 Å². The van der Waals surface area contributed by atoms with Crippen LogP contribution in [-0.4, -0.2) is 36.7 Å². The van der Waals surface area contributed by atoms with Gasteiger partial charge in [-0.1, -0.05) is 13.8 Å². The Morgan fingerprint density at radius 1 is 1.56 bits per heavy atom. The fourth-order valence-electron chi connectivity index (χ4n) is 2.00. The lowest BCUT2D eigenvalue weighted by Gasteiger charge is -2.35. The van der Waals surface area contributed by atoms with Crippen molar-refractivity contribution in [2.24, 2.45) is 5.41 Å². The highest BCUT2D eigenvalue weighted by molar-refractivity contribution is 7.99. The molecule has 1 rings (SSSR count). The van der Waals surface area contributed by atoms with Gasteiger partial charge in [-0.15, -0.1) is 0 Å². The number of nitrogens with one attached hydrogen (secondary N) is 1. The maximum Gasteiger partial charge on any atom is 0.307 e. The minimum absolute atomic E-state index is 0.0993. The maximum atomic E-state index is 11.1. The molecular weight excluding hydrogens is 222 g/mol. The first-order valence-electron chi connectivity index (χ1n) is 6.00. The second kappa shape index (κ2) is 6.50. The van der Waals surface area contributed by atoms with Crippen LogP contribution in [0.4, 0.5) is 0 Å². The highest BCUT2D eigenvalue weighted by atomic mass is 32.2. The second-order valence-electron chi connectivity index (χ2n) is 5.09. The van der Waals surface area contributed by atoms with E-state index in [1.165, 1.54) is 12.2 Å². The number of carbonyl (C=O) groups is 1. The van der Waals surface area contributed by atoms with Gasteiger partial charge in [-0.3, -0.25) is 4.79 Å². The van der Waals surface area contributed by atoms with Crippen molar-refractivity contribution >= 4 is 17.7 Å². The first kappa shape index (κ1) is 13.8. The lowest BCUT2D eigenvalue weighted by atomic mass is 9.88. The van der Waals surface area contributed by atoms with E-state index in [-0.39, 0.29) is 5.97 Å². The van der Waals surface area contributed by atoms with Crippen LogP contribution < -0.4 is 5.32 Å². The molecule has 1 unspecified atom stereocenters. The highest BCUT2D eigenvalue weighted by Crippen LogP contribution is 2.33. The molecule has 4 heteroatoms. The van der Waals surface area contributed by atoms with Gasteiger partial charge in [-0.05, 0) is 24.5 Å². The van der Waals surface area contributed by atoms with Gasteiger partial charge in [0.15, 0.2) is 0 Å². The van der Waals surface area contributed by atoms with E-state index in [1.54, 1.807) is 0 Å². The number of carbonyl (C=O) groups excluding carboxylic acids is 1. The lowest BCUT2D eigenvalue weighted by molar-refractivity contribution is -0.142. The molecule has 0 bridgehead atoms. The average Bonchev–Trinajstić information content (AvgIpc) is 2.16. The van der Waals surface area contributed by atoms with Gasteiger partial charge in [0, 0.05) is 18.3 Å². The lowest BCUT2D eigenvalue weighted by Crippen LogP contribution is -2.41. The Labute approximate surface area is 103 Å². The van der Waals surface area contributed by atoms with Crippen LogP contribution in [0.5, 0.6) is 0 Å². The third-order valence-corrected chi connectivity index (χ3v) is 4.30. The number of thioether (sulfide) groups is 1. The third-order valence-electron chi connectivity index (χ3n) is 2.68. The van der Waals surface area contributed by atoms with Crippen LogP contribution in [0.15, 0.2) is 0 Å². The maximum absolute atomic E-state index is 11.1. The second-order valence-corrected chi connectivity index (χ2v) is 6.12. The topological polar surface area (TPSA) is 38.3 Å². The van der Waals surface area contributed by atoms with E-state index in [2.05, 4.69) is 19.2 Å². The standard InChI is InChI=1S/C12H23NO2S/c1-4-15-11(14)5-6-13-10-7-12(2,3)9-16-8-10/h10,13H,4-9H2,1-3H3. The summed E-state index contributed by atoms with van der Waals surface area (Å²) in [4.78, 5) is 11.1. The smallest absolute Gasteiger partial charge is 0.307 e. The molecule has 0 aromatic carbocycles. The molecule has 0 amide bonds. The summed E-state index contributed by atoms with van der Waals surface area (Å²) in [7, 11) is 0. The van der Waals surface area contributed by atoms with E-state index in [1.807, 2.05) is 18.7 Å². The van der Waals surface area contributed by atoms with E-state index in [0.29, 0.717) is 24.5 Å². The molecule has 1 heterocycles. The summed E-state index contributed by atoms with van der Waals surface area (Å²) >= 11 is 2.00. The van der Waals surface area contributed by atoms with Crippen molar-refractivity contribution in [3.63, 3.8) is 0 Å². The summed E-state index contributed by atoms with van der Waals surface area (Å²) in [6, 6.07) is 0.545. The Bertz CT molecular complexity index is 231. The van der Waals surface area contributed by atoms with Crippen molar-refractivity contribution in [3.8, 4) is 0 Å². The number of hydrogen-bond acceptors (Lipinski definition) is 4. The van der Waals surface area contributed by atoms with Gasteiger partial charge in [0.05, 0.1) is 13.0 Å². The fraction of sp³-hybridized carbons (Fsp3) is 0.917. The van der Waals surface area contributed by atoms with Crippen molar-refractivity contribution < 1.29 is 9.53 Å². The monoisotopic (exact) mass is 245 g/mol. The summed E-state index contributed by atoms with van der Waals surface area (Å²) < 4.78 is 4.89. The molecule has 0 aromatic heterocycles. The minimum Gasteiger partial charge on any atom is -0.466 e. The zero-order valence-corrected chi connectivity index (χ0v) is 11.4. The van der Waals surface area contributed by atoms with Gasteiger partial charge in [0.2, 0.25) is 0 Å². The number of hydrogen-bond donors (Lipinski definition) is 1. The van der Waals surface area contributed by atoms with Gasteiger partial charge in [0.1, 0.15) is 0 Å². The first-order chi connectivity index (χ1) is 7.53. The predicted molar refractivity (Wildman–Crippen MR) is 68.8 cm³/mol. The van der Waals surface area contributed by atoms with Gasteiger partial charge in [-0.2, -0.15) is 11.8 Å². The van der Waals surface area contributed by atoms with Crippen LogP contribution in [0.3, 0.4) is 0 Å². The van der Waals surface area contributed by atoms with E-state index < -0.39 is 0 Å². The van der Waals surface area contributed by atoms with Crippen LogP contribution in [0.1, 0.15) is 33.6 Å². The summed E-state index contributed by atoms with van der Waals surface area (Å²) in [5.74, 6) is 2.30. The fourth-order valence-corrected chi connectivity index (χ4v) is 3.31. The highest BCUT2D eigenvalue weighted by Gasteiger charge is 2.27. The van der Waals surface area contributed by atoms with Crippen molar-refractivity contribution in [2.45, 2.75) is 39.7 Å². The Hall–Kier alpha value is -0.220. The van der Waals surface area contributed by atoms with Crippen LogP contribution in [0.25, 0.3) is 0 Å². The number of ether oxygens (including phenoxy) is 1. The Morgan fingerprint density at radius 3 is 2.94 bits per heavy atom. The van der Waals surface area contributed by atoms with E-state index in [4.69, 9.17) is 4.74 Å². The summed E-state index contributed by atoms with van der Waals surface area (Å²) in [5.41, 5.74) is 0.421. The molecule has 16 heavy (non-hydrogen) atoms. The quantitative estimate of drug-likeness (QED) is 0.753. The summed E-state index contributed by atoms with van der Waals surface area (Å²) in [6.07, 6.45) is 1.68. The van der Waals surface area contributed by atoms with E-state index in [0.717, 1.165) is 12.3 Å². The molecular formula is C12H23NO2S. The van der Waals surface area contributed by atoms with Crippen LogP contribution >= 0.6 is 11.8 Å². The molecule has 0 aromatic rings. The molecule has 3 nitrogen and oxygen atoms in total. The minimum atomic E-state index is -0.0993. The molecule has 1 fully saturated rings. The number of esters is 1. The van der Waals surface area contributed by atoms with Crippen LogP contribution in [0.2, 0.25) is 0 Å². The molecule has 94 valence electrons. The molecule has 0 saturated carbocycles. The molecule has 1 aliphatic heterocycles. The van der Waals surface area contributed by atoms with Crippen molar-refractivity contribution in [2.75, 3.05) is 24.7 Å². The number of rotatable bonds is 5. The van der Waals surface area contributed by atoms with Gasteiger partial charge >= 0.3 is 5.97 Å². The zero-order chi connectivity index (χ0) is 12.0. The third kappa shape index (κ3) is 5.21. The predicted octanol–water partition coefficient (Wildman–Crippen LogP) is 2.06. The van der Waals surface area contributed by atoms with Gasteiger partial charge in [-0.25, -0.2) is 0 Å². The van der Waals surface area contributed by atoms with Crippen molar-refractivity contribution in [1.29, 1.82) is 0 Å². The van der Waals surface area contributed by atoms with Gasteiger partial charge < -0.3 is 10.1 Å². The average molecular weight is 245 g/mol.